The molecular formula is C30H21N3O9. The van der Waals surface area contributed by atoms with E-state index in [1.165, 1.54) is 72.8 Å². The van der Waals surface area contributed by atoms with E-state index in [-0.39, 0.29) is 17.1 Å². The molecule has 0 aliphatic carbocycles. The van der Waals surface area contributed by atoms with Crippen molar-refractivity contribution in [3.8, 4) is 0 Å². The van der Waals surface area contributed by atoms with Crippen LogP contribution in [0.25, 0.3) is 0 Å². The molecule has 0 radical (unpaired) electrons. The van der Waals surface area contributed by atoms with E-state index in [4.69, 9.17) is 0 Å². The second-order valence-corrected chi connectivity index (χ2v) is 8.58. The summed E-state index contributed by atoms with van der Waals surface area (Å²) in [6.07, 6.45) is -5.03. The number of rotatable bonds is 6. The average molecular weight is 568 g/mol. The summed E-state index contributed by atoms with van der Waals surface area (Å²) >= 11 is 0. The van der Waals surface area contributed by atoms with E-state index < -0.39 is 52.7 Å². The van der Waals surface area contributed by atoms with Crippen molar-refractivity contribution in [2.24, 2.45) is 0 Å². The van der Waals surface area contributed by atoms with Crippen molar-refractivity contribution in [1.82, 2.24) is 0 Å². The molecule has 0 bridgehead atoms. The Morgan fingerprint density at radius 1 is 0.381 bits per heavy atom. The quantitative estimate of drug-likeness (QED) is 0.266. The fourth-order valence-electron chi connectivity index (χ4n) is 4.06. The predicted octanol–water partition coefficient (Wildman–Crippen LogP) is 5.66. The second kappa shape index (κ2) is 12.3. The smallest absolute Gasteiger partial charge is 0.419 e. The van der Waals surface area contributed by atoms with Gasteiger partial charge in [-0.25, -0.2) is 29.1 Å². The zero-order chi connectivity index (χ0) is 30.4. The van der Waals surface area contributed by atoms with Gasteiger partial charge in [-0.05, 0) is 54.6 Å². The molecule has 0 fully saturated rings. The molecule has 210 valence electrons. The maximum absolute atomic E-state index is 13.5. The van der Waals surface area contributed by atoms with Crippen LogP contribution in [-0.4, -0.2) is 51.3 Å². The van der Waals surface area contributed by atoms with Gasteiger partial charge in [-0.3, -0.25) is 14.4 Å². The van der Waals surface area contributed by atoms with Gasteiger partial charge in [0.05, 0.1) is 17.1 Å². The summed E-state index contributed by atoms with van der Waals surface area (Å²) in [7, 11) is 0. The molecule has 4 rings (SSSR count). The third kappa shape index (κ3) is 5.97. The molecule has 12 nitrogen and oxygen atoms in total. The standard InChI is InChI=1S/C30H21N3O9/c34-25(31(28(37)38)22-10-4-1-5-11-22)19-16-20(26(35)32(29(39)40)23-12-6-2-7-13-23)18-21(17-19)27(36)33(30(41)42)24-14-8-3-9-15-24/h1-18H,(H,37,38)(H,39,40)(H,41,42). The summed E-state index contributed by atoms with van der Waals surface area (Å²) in [5, 5.41) is 29.5. The normalized spacial score (nSPS) is 10.3. The third-order valence-electron chi connectivity index (χ3n) is 5.90. The Labute approximate surface area is 237 Å². The van der Waals surface area contributed by atoms with Crippen LogP contribution in [0.1, 0.15) is 31.1 Å². The molecule has 0 saturated carbocycles. The van der Waals surface area contributed by atoms with E-state index in [0.29, 0.717) is 14.7 Å². The number of carboxylic acid groups (broad SMARTS) is 3. The average Bonchev–Trinajstić information content (AvgIpc) is 2.98. The topological polar surface area (TPSA) is 173 Å². The van der Waals surface area contributed by atoms with Crippen molar-refractivity contribution in [2.45, 2.75) is 0 Å². The molecule has 0 aromatic heterocycles. The molecule has 0 unspecified atom stereocenters. The lowest BCUT2D eigenvalue weighted by Crippen LogP contribution is -2.39. The first kappa shape index (κ1) is 28.7. The number of hydrogen-bond donors (Lipinski definition) is 3. The number of carbonyl (C=O) groups excluding carboxylic acids is 3. The highest BCUT2D eigenvalue weighted by molar-refractivity contribution is 6.24. The first-order chi connectivity index (χ1) is 20.1. The van der Waals surface area contributed by atoms with Crippen LogP contribution in [0.2, 0.25) is 0 Å². The molecule has 42 heavy (non-hydrogen) atoms. The van der Waals surface area contributed by atoms with Crippen LogP contribution in [0.15, 0.2) is 109 Å². The summed E-state index contributed by atoms with van der Waals surface area (Å²) in [5.74, 6) is -3.54. The zero-order valence-electron chi connectivity index (χ0n) is 21.5. The van der Waals surface area contributed by atoms with E-state index >= 15 is 0 Å². The molecular weight excluding hydrogens is 546 g/mol. The Kier molecular flexibility index (Phi) is 8.38. The van der Waals surface area contributed by atoms with Gasteiger partial charge < -0.3 is 15.3 Å². The van der Waals surface area contributed by atoms with Gasteiger partial charge in [0.1, 0.15) is 0 Å². The Hall–Kier alpha value is -6.30. The maximum Gasteiger partial charge on any atom is 0.419 e. The van der Waals surface area contributed by atoms with Crippen LogP contribution in [0.4, 0.5) is 31.4 Å². The van der Waals surface area contributed by atoms with Gasteiger partial charge in [0.2, 0.25) is 0 Å². The molecule has 0 spiro atoms. The number of anilines is 3. The van der Waals surface area contributed by atoms with Gasteiger partial charge in [0.25, 0.3) is 17.7 Å². The van der Waals surface area contributed by atoms with Crippen molar-refractivity contribution >= 4 is 53.1 Å². The molecule has 6 amide bonds. The Bertz CT molecular complexity index is 1470. The lowest BCUT2D eigenvalue weighted by molar-refractivity contribution is 0.0979. The highest BCUT2D eigenvalue weighted by atomic mass is 16.4. The fourth-order valence-corrected chi connectivity index (χ4v) is 4.06. The van der Waals surface area contributed by atoms with Crippen LogP contribution in [0.5, 0.6) is 0 Å². The molecule has 0 atom stereocenters. The predicted molar refractivity (Wildman–Crippen MR) is 150 cm³/mol. The molecule has 0 heterocycles. The van der Waals surface area contributed by atoms with Crippen molar-refractivity contribution in [3.05, 3.63) is 126 Å². The molecule has 3 N–H and O–H groups in total. The fraction of sp³-hybridized carbons (Fsp3) is 0. The van der Waals surface area contributed by atoms with Crippen molar-refractivity contribution in [2.75, 3.05) is 14.7 Å². The van der Waals surface area contributed by atoms with Crippen molar-refractivity contribution < 1.29 is 44.1 Å². The Morgan fingerprint density at radius 2 is 0.595 bits per heavy atom. The van der Waals surface area contributed by atoms with Crippen LogP contribution in [-0.2, 0) is 0 Å². The lowest BCUT2D eigenvalue weighted by Gasteiger charge is -2.22. The number of amides is 6. The SMILES string of the molecule is O=C(O)N(C(=O)c1cc(C(=O)N(C(=O)O)c2ccccc2)cc(C(=O)N(C(=O)O)c2ccccc2)c1)c1ccccc1. The molecule has 0 saturated heterocycles. The first-order valence-corrected chi connectivity index (χ1v) is 12.1. The van der Waals surface area contributed by atoms with E-state index in [0.717, 1.165) is 18.2 Å². The third-order valence-corrected chi connectivity index (χ3v) is 5.90. The minimum atomic E-state index is -1.68. The van der Waals surface area contributed by atoms with Gasteiger partial charge in [-0.15, -0.1) is 0 Å². The number of imide groups is 3. The maximum atomic E-state index is 13.5. The van der Waals surface area contributed by atoms with Gasteiger partial charge in [-0.1, -0.05) is 54.6 Å². The number of benzene rings is 4. The summed E-state index contributed by atoms with van der Waals surface area (Å²) in [6.45, 7) is 0. The van der Waals surface area contributed by atoms with E-state index in [1.807, 2.05) is 0 Å². The van der Waals surface area contributed by atoms with Gasteiger partial charge in [0.15, 0.2) is 0 Å². The summed E-state index contributed by atoms with van der Waals surface area (Å²) in [6, 6.07) is 24.6. The van der Waals surface area contributed by atoms with E-state index in [9.17, 15) is 44.1 Å². The molecule has 0 aliphatic rings. The minimum absolute atomic E-state index is 0.0486. The number of hydrogen-bond acceptors (Lipinski definition) is 6. The molecule has 0 aliphatic heterocycles. The molecule has 12 heteroatoms. The highest BCUT2D eigenvalue weighted by Crippen LogP contribution is 2.25. The minimum Gasteiger partial charge on any atom is -0.464 e. The van der Waals surface area contributed by atoms with Crippen LogP contribution in [0, 0.1) is 0 Å². The molecule has 4 aromatic carbocycles. The van der Waals surface area contributed by atoms with Gasteiger partial charge >= 0.3 is 18.3 Å². The summed E-state index contributed by atoms with van der Waals surface area (Å²) < 4.78 is 0. The van der Waals surface area contributed by atoms with Crippen LogP contribution in [0.3, 0.4) is 0 Å². The Balaban J connectivity index is 1.90. The van der Waals surface area contributed by atoms with E-state index in [2.05, 4.69) is 0 Å². The number of nitrogens with zero attached hydrogens (tertiary/aromatic N) is 3. The Morgan fingerprint density at radius 3 is 0.786 bits per heavy atom. The van der Waals surface area contributed by atoms with E-state index in [1.54, 1.807) is 18.2 Å². The van der Waals surface area contributed by atoms with Gasteiger partial charge in [-0.2, -0.15) is 0 Å². The lowest BCUT2D eigenvalue weighted by atomic mass is 10.0. The van der Waals surface area contributed by atoms with Crippen LogP contribution < -0.4 is 14.7 Å². The van der Waals surface area contributed by atoms with Crippen LogP contribution >= 0.6 is 0 Å². The monoisotopic (exact) mass is 567 g/mol. The summed E-state index contributed by atoms with van der Waals surface area (Å²) in [5.41, 5.74) is -1.63. The number of para-hydroxylation sites is 3. The molecule has 4 aromatic rings. The van der Waals surface area contributed by atoms with Crippen molar-refractivity contribution in [1.29, 1.82) is 0 Å². The second-order valence-electron chi connectivity index (χ2n) is 8.58. The largest absolute Gasteiger partial charge is 0.464 e. The number of carbonyl (C=O) groups is 6. The first-order valence-electron chi connectivity index (χ1n) is 12.1. The zero-order valence-corrected chi connectivity index (χ0v) is 21.5. The summed E-state index contributed by atoms with van der Waals surface area (Å²) in [4.78, 5) is 78.1. The highest BCUT2D eigenvalue weighted by Gasteiger charge is 2.31. The van der Waals surface area contributed by atoms with Crippen molar-refractivity contribution in [3.63, 3.8) is 0 Å². The van der Waals surface area contributed by atoms with Gasteiger partial charge in [0, 0.05) is 16.7 Å².